The van der Waals surface area contributed by atoms with Gasteiger partial charge in [0, 0.05) is 23.0 Å². The zero-order chi connectivity index (χ0) is 26.1. The molecule has 188 valence electrons. The lowest BCUT2D eigenvalue weighted by molar-refractivity contribution is -0.137. The third-order valence-corrected chi connectivity index (χ3v) is 5.99. The zero-order valence-corrected chi connectivity index (χ0v) is 19.8. The highest BCUT2D eigenvalue weighted by atomic mass is 19.4. The summed E-state index contributed by atoms with van der Waals surface area (Å²) in [7, 11) is 0. The number of hydrogen-bond acceptors (Lipinski definition) is 6. The molecule has 2 N–H and O–H groups in total. The van der Waals surface area contributed by atoms with Crippen LogP contribution < -0.4 is 10.6 Å². The highest BCUT2D eigenvalue weighted by molar-refractivity contribution is 5.88. The van der Waals surface area contributed by atoms with Crippen LogP contribution in [0.25, 0.3) is 22.1 Å². The van der Waals surface area contributed by atoms with E-state index in [2.05, 4.69) is 25.6 Å². The maximum atomic E-state index is 13.0. The van der Waals surface area contributed by atoms with Crippen LogP contribution in [-0.2, 0) is 12.7 Å². The van der Waals surface area contributed by atoms with Gasteiger partial charge < -0.3 is 15.2 Å². The van der Waals surface area contributed by atoms with Gasteiger partial charge in [-0.05, 0) is 54.1 Å². The Balaban J connectivity index is 1.38. The van der Waals surface area contributed by atoms with Gasteiger partial charge >= 0.3 is 6.18 Å². The van der Waals surface area contributed by atoms with Gasteiger partial charge in [-0.3, -0.25) is 4.98 Å². The molecule has 0 unspecified atom stereocenters. The summed E-state index contributed by atoms with van der Waals surface area (Å²) in [6.07, 6.45) is -1.03. The average molecular weight is 512 g/mol. The largest absolute Gasteiger partial charge is 0.416 e. The van der Waals surface area contributed by atoms with E-state index in [0.717, 1.165) is 34.4 Å². The molecule has 6 aromatic rings. The summed E-state index contributed by atoms with van der Waals surface area (Å²) >= 11 is 0. The van der Waals surface area contributed by atoms with Gasteiger partial charge in [0.25, 0.3) is 0 Å². The lowest BCUT2D eigenvalue weighted by Gasteiger charge is -2.12. The van der Waals surface area contributed by atoms with Crippen molar-refractivity contribution < 1.29 is 13.2 Å². The van der Waals surface area contributed by atoms with Crippen molar-refractivity contribution in [3.05, 3.63) is 109 Å². The number of imidazole rings is 1. The van der Waals surface area contributed by atoms with Crippen LogP contribution in [0.2, 0.25) is 0 Å². The van der Waals surface area contributed by atoms with Gasteiger partial charge in [0.05, 0.1) is 24.0 Å². The van der Waals surface area contributed by atoms with Crippen LogP contribution in [0.5, 0.6) is 0 Å². The van der Waals surface area contributed by atoms with Gasteiger partial charge in [-0.25, -0.2) is 4.98 Å². The molecule has 3 aromatic heterocycles. The molecule has 7 nitrogen and oxygen atoms in total. The highest BCUT2D eigenvalue weighted by Gasteiger charge is 2.30. The fourth-order valence-electron chi connectivity index (χ4n) is 4.14. The van der Waals surface area contributed by atoms with Crippen molar-refractivity contribution in [2.75, 3.05) is 10.6 Å². The second kappa shape index (κ2) is 9.47. The number of fused-ring (bicyclic) bond motifs is 2. The number of benzene rings is 3. The molecule has 10 heteroatoms. The predicted molar refractivity (Wildman–Crippen MR) is 141 cm³/mol. The van der Waals surface area contributed by atoms with Crippen molar-refractivity contribution in [2.45, 2.75) is 12.7 Å². The third-order valence-electron chi connectivity index (χ3n) is 5.99. The lowest BCUT2D eigenvalue weighted by Crippen LogP contribution is -2.06. The van der Waals surface area contributed by atoms with E-state index in [1.54, 1.807) is 17.1 Å². The normalized spacial score (nSPS) is 11.7. The Morgan fingerprint density at radius 1 is 0.763 bits per heavy atom. The van der Waals surface area contributed by atoms with Crippen molar-refractivity contribution >= 4 is 45.2 Å². The molecular formula is C28H20F3N7. The summed E-state index contributed by atoms with van der Waals surface area (Å²) < 4.78 is 40.7. The number of nitrogens with zero attached hydrogens (tertiary/aromatic N) is 5. The first-order valence-electron chi connectivity index (χ1n) is 11.8. The second-order valence-corrected chi connectivity index (χ2v) is 8.66. The smallest absolute Gasteiger partial charge is 0.338 e. The highest BCUT2D eigenvalue weighted by Crippen LogP contribution is 2.30. The van der Waals surface area contributed by atoms with Gasteiger partial charge in [0.1, 0.15) is 0 Å². The molecule has 3 aromatic carbocycles. The molecule has 0 saturated carbocycles. The minimum absolute atomic E-state index is 0.289. The summed E-state index contributed by atoms with van der Waals surface area (Å²) in [5.74, 6) is 0.839. The van der Waals surface area contributed by atoms with E-state index in [-0.39, 0.29) is 6.54 Å². The molecule has 0 aliphatic carbocycles. The van der Waals surface area contributed by atoms with Crippen LogP contribution in [0.1, 0.15) is 11.1 Å². The Kier molecular flexibility index (Phi) is 5.83. The fraction of sp³-hybridized carbons (Fsp3) is 0.0714. The minimum atomic E-state index is -4.38. The maximum Gasteiger partial charge on any atom is 0.416 e. The van der Waals surface area contributed by atoms with E-state index >= 15 is 0 Å². The standard InChI is InChI=1S/C28H20F3N7/c29-28(30,31)20-10-8-18(9-11-20)16-38-17-33-24-25(34-21-6-2-1-3-7-21)36-27(37-26(24)38)35-22-12-13-23-19(15-22)5-4-14-32-23/h1-15,17H,16H2,(H2,34,35,36,37). The maximum absolute atomic E-state index is 13.0. The molecule has 6 rings (SSSR count). The van der Waals surface area contributed by atoms with Crippen LogP contribution in [0.3, 0.4) is 0 Å². The average Bonchev–Trinajstić information content (AvgIpc) is 3.32. The summed E-state index contributed by atoms with van der Waals surface area (Å²) in [4.78, 5) is 18.3. The monoisotopic (exact) mass is 511 g/mol. The molecular weight excluding hydrogens is 491 g/mol. The molecule has 0 aliphatic rings. The number of halogens is 3. The zero-order valence-electron chi connectivity index (χ0n) is 19.8. The molecule has 3 heterocycles. The van der Waals surface area contributed by atoms with E-state index in [0.29, 0.717) is 28.5 Å². The molecule has 0 aliphatic heterocycles. The summed E-state index contributed by atoms with van der Waals surface area (Å²) in [5.41, 5.74) is 3.54. The van der Waals surface area contributed by atoms with Crippen molar-refractivity contribution in [3.63, 3.8) is 0 Å². The van der Waals surface area contributed by atoms with Gasteiger partial charge in [0.15, 0.2) is 17.0 Å². The molecule has 0 bridgehead atoms. The Morgan fingerprint density at radius 3 is 2.37 bits per heavy atom. The van der Waals surface area contributed by atoms with Crippen LogP contribution in [0, 0.1) is 0 Å². The van der Waals surface area contributed by atoms with Gasteiger partial charge in [-0.15, -0.1) is 0 Å². The fourth-order valence-corrected chi connectivity index (χ4v) is 4.14. The quantitative estimate of drug-likeness (QED) is 0.252. The molecule has 0 atom stereocenters. The Bertz CT molecular complexity index is 1730. The number of anilines is 4. The molecule has 0 amide bonds. The van der Waals surface area contributed by atoms with E-state index < -0.39 is 11.7 Å². The first-order valence-corrected chi connectivity index (χ1v) is 11.8. The number of rotatable bonds is 6. The van der Waals surface area contributed by atoms with Crippen LogP contribution in [0.4, 0.5) is 36.3 Å². The number of aromatic nitrogens is 5. The molecule has 0 radical (unpaired) electrons. The SMILES string of the molecule is FC(F)(F)c1ccc(Cn2cnc3c(Nc4ccccc4)nc(Nc4ccc5ncccc5c4)nc32)cc1. The summed E-state index contributed by atoms with van der Waals surface area (Å²) in [5, 5.41) is 7.53. The molecule has 0 spiro atoms. The predicted octanol–water partition coefficient (Wildman–Crippen LogP) is 6.93. The van der Waals surface area contributed by atoms with Crippen LogP contribution in [-0.4, -0.2) is 24.5 Å². The van der Waals surface area contributed by atoms with Crippen LogP contribution >= 0.6 is 0 Å². The van der Waals surface area contributed by atoms with E-state index in [1.807, 2.05) is 60.7 Å². The van der Waals surface area contributed by atoms with Crippen molar-refractivity contribution in [1.82, 2.24) is 24.5 Å². The number of nitrogens with one attached hydrogen (secondary N) is 2. The second-order valence-electron chi connectivity index (χ2n) is 8.66. The van der Waals surface area contributed by atoms with E-state index in [1.165, 1.54) is 12.1 Å². The lowest BCUT2D eigenvalue weighted by atomic mass is 10.1. The van der Waals surface area contributed by atoms with E-state index in [4.69, 9.17) is 4.98 Å². The van der Waals surface area contributed by atoms with Crippen molar-refractivity contribution in [3.8, 4) is 0 Å². The number of hydrogen-bond donors (Lipinski definition) is 2. The van der Waals surface area contributed by atoms with E-state index in [9.17, 15) is 13.2 Å². The minimum Gasteiger partial charge on any atom is -0.338 e. The molecule has 0 saturated heterocycles. The Labute approximate surface area is 215 Å². The van der Waals surface area contributed by atoms with Crippen molar-refractivity contribution in [2.24, 2.45) is 0 Å². The van der Waals surface area contributed by atoms with Gasteiger partial charge in [-0.2, -0.15) is 23.1 Å². The topological polar surface area (TPSA) is 80.5 Å². The number of pyridine rings is 1. The first kappa shape index (κ1) is 23.4. The summed E-state index contributed by atoms with van der Waals surface area (Å²) in [6.45, 7) is 0.289. The molecule has 0 fully saturated rings. The number of alkyl halides is 3. The Hall–Kier alpha value is -4.99. The number of para-hydroxylation sites is 1. The molecule has 38 heavy (non-hydrogen) atoms. The van der Waals surface area contributed by atoms with Crippen molar-refractivity contribution in [1.29, 1.82) is 0 Å². The van der Waals surface area contributed by atoms with Gasteiger partial charge in [-0.1, -0.05) is 36.4 Å². The summed E-state index contributed by atoms with van der Waals surface area (Å²) in [6, 6.07) is 24.2. The first-order chi connectivity index (χ1) is 18.4. The van der Waals surface area contributed by atoms with Crippen LogP contribution in [0.15, 0.2) is 97.5 Å². The van der Waals surface area contributed by atoms with Gasteiger partial charge in [0.2, 0.25) is 5.95 Å². The third kappa shape index (κ3) is 4.83. The Morgan fingerprint density at radius 2 is 1.58 bits per heavy atom.